The van der Waals surface area contributed by atoms with E-state index in [0.29, 0.717) is 12.2 Å². The van der Waals surface area contributed by atoms with E-state index in [-0.39, 0.29) is 23.3 Å². The Kier molecular flexibility index (Phi) is 5.48. The molecular formula is C9H11CuN2O. The number of ether oxygens (including phenoxy) is 1. The minimum atomic E-state index is -0.0721. The molecule has 0 aliphatic rings. The van der Waals surface area contributed by atoms with Gasteiger partial charge in [0.15, 0.2) is 0 Å². The molecule has 1 aromatic rings. The van der Waals surface area contributed by atoms with Gasteiger partial charge >= 0.3 is 17.1 Å². The molecule has 1 atom stereocenters. The molecule has 0 radical (unpaired) electrons. The third-order valence-corrected chi connectivity index (χ3v) is 1.53. The second kappa shape index (κ2) is 5.82. The average molecular weight is 227 g/mol. The van der Waals surface area contributed by atoms with Crippen LogP contribution in [0.25, 0.3) is 0 Å². The summed E-state index contributed by atoms with van der Waals surface area (Å²) in [6.45, 7) is 4.50. The summed E-state index contributed by atoms with van der Waals surface area (Å²) in [5.74, 6) is 2.26. The molecule has 3 nitrogen and oxygen atoms in total. The predicted octanol–water partition coefficient (Wildman–Crippen LogP) is 1.37. The Bertz CT molecular complexity index is 290. The van der Waals surface area contributed by atoms with Gasteiger partial charge in [-0.3, -0.25) is 10.6 Å². The van der Waals surface area contributed by atoms with E-state index in [4.69, 9.17) is 11.2 Å². The van der Waals surface area contributed by atoms with Gasteiger partial charge in [-0.2, -0.15) is 5.10 Å². The molecule has 74 valence electrons. The number of rotatable bonds is 3. The molecule has 0 amide bonds. The van der Waals surface area contributed by atoms with Gasteiger partial charge in [0.25, 0.3) is 0 Å². The Balaban J connectivity index is 0.00000144. The van der Waals surface area contributed by atoms with Crippen molar-refractivity contribution in [3.8, 4) is 5.92 Å². The van der Waals surface area contributed by atoms with Gasteiger partial charge in [-0.1, -0.05) is 5.56 Å². The Morgan fingerprint density at radius 1 is 1.77 bits per heavy atom. The molecule has 1 rings (SSSR count). The van der Waals surface area contributed by atoms with Gasteiger partial charge in [0.2, 0.25) is 0 Å². The first-order valence-electron chi connectivity index (χ1n) is 3.86. The van der Waals surface area contributed by atoms with E-state index in [1.807, 2.05) is 13.8 Å². The van der Waals surface area contributed by atoms with Crippen molar-refractivity contribution in [3.63, 3.8) is 0 Å². The maximum atomic E-state index is 6.86. The molecule has 4 heteroatoms. The monoisotopic (exact) mass is 226 g/mol. The van der Waals surface area contributed by atoms with Crippen molar-refractivity contribution in [2.45, 2.75) is 20.1 Å². The van der Waals surface area contributed by atoms with E-state index in [9.17, 15) is 0 Å². The fourth-order valence-electron chi connectivity index (χ4n) is 0.919. The van der Waals surface area contributed by atoms with Gasteiger partial charge in [-0.25, -0.2) is 0 Å². The summed E-state index contributed by atoms with van der Waals surface area (Å²) in [6.07, 6.45) is 10.1. The minimum Gasteiger partial charge on any atom is -0.366 e. The second-order valence-electron chi connectivity index (χ2n) is 2.39. The van der Waals surface area contributed by atoms with Gasteiger partial charge in [0, 0.05) is 6.61 Å². The zero-order chi connectivity index (χ0) is 8.97. The maximum Gasteiger partial charge on any atom is 1.00 e. The molecule has 0 aliphatic carbocycles. The number of hydrogen-bond donors (Lipinski definition) is 0. The largest absolute Gasteiger partial charge is 1.00 e. The molecule has 0 aromatic carbocycles. The van der Waals surface area contributed by atoms with E-state index < -0.39 is 0 Å². The summed E-state index contributed by atoms with van der Waals surface area (Å²) in [7, 11) is 0. The summed E-state index contributed by atoms with van der Waals surface area (Å²) in [6, 6.07) is 0. The van der Waals surface area contributed by atoms with Gasteiger partial charge in [-0.05, 0) is 26.2 Å². The van der Waals surface area contributed by atoms with Crippen LogP contribution >= 0.6 is 0 Å². The maximum absolute atomic E-state index is 6.86. The van der Waals surface area contributed by atoms with Crippen LogP contribution in [0.1, 0.15) is 25.6 Å². The fraction of sp³-hybridized carbons (Fsp3) is 0.444. The zero-order valence-electron chi connectivity index (χ0n) is 7.54. The molecule has 0 bridgehead atoms. The van der Waals surface area contributed by atoms with Gasteiger partial charge < -0.3 is 11.2 Å². The van der Waals surface area contributed by atoms with E-state index in [2.05, 4.69) is 11.0 Å². The number of hydrogen-bond acceptors (Lipinski definition) is 2. The van der Waals surface area contributed by atoms with Crippen LogP contribution in [0.2, 0.25) is 0 Å². The fourth-order valence-corrected chi connectivity index (χ4v) is 0.919. The van der Waals surface area contributed by atoms with Gasteiger partial charge in [-0.15, -0.1) is 0 Å². The Morgan fingerprint density at radius 2 is 2.46 bits per heavy atom. The topological polar surface area (TPSA) is 27.1 Å². The van der Waals surface area contributed by atoms with E-state index >= 15 is 0 Å². The van der Waals surface area contributed by atoms with Crippen LogP contribution in [0, 0.1) is 12.3 Å². The van der Waals surface area contributed by atoms with Crippen molar-refractivity contribution in [3.05, 3.63) is 24.4 Å². The van der Waals surface area contributed by atoms with Crippen molar-refractivity contribution in [1.29, 1.82) is 0 Å². The van der Waals surface area contributed by atoms with Crippen molar-refractivity contribution in [2.24, 2.45) is 0 Å². The molecule has 0 saturated carbocycles. The van der Waals surface area contributed by atoms with Gasteiger partial charge in [0.1, 0.15) is 6.23 Å². The normalized spacial score (nSPS) is 11.5. The molecule has 0 saturated heterocycles. The van der Waals surface area contributed by atoms with Crippen LogP contribution in [0.5, 0.6) is 0 Å². The second-order valence-corrected chi connectivity index (χ2v) is 2.39. The molecule has 0 aliphatic heterocycles. The number of nitrogens with zero attached hydrogens (tertiary/aromatic N) is 2. The van der Waals surface area contributed by atoms with Crippen LogP contribution in [0.15, 0.2) is 12.4 Å². The molecule has 1 heterocycles. The van der Waals surface area contributed by atoms with Crippen LogP contribution in [0.4, 0.5) is 0 Å². The van der Waals surface area contributed by atoms with Crippen LogP contribution in [-0.2, 0) is 21.8 Å². The SMILES string of the molecule is [C-]#Cc1cnn(C(C)OCC)c1.[Cu+]. The smallest absolute Gasteiger partial charge is 0.366 e. The average Bonchev–Trinajstić information content (AvgIpc) is 2.52. The number of aromatic nitrogens is 2. The van der Waals surface area contributed by atoms with E-state index in [1.165, 1.54) is 0 Å². The Morgan fingerprint density at radius 3 is 2.92 bits per heavy atom. The summed E-state index contributed by atoms with van der Waals surface area (Å²) in [5.41, 5.74) is 0.668. The minimum absolute atomic E-state index is 0. The van der Waals surface area contributed by atoms with Crippen molar-refractivity contribution in [2.75, 3.05) is 6.61 Å². The Labute approximate surface area is 88.9 Å². The summed E-state index contributed by atoms with van der Waals surface area (Å²) >= 11 is 0. The molecule has 1 aromatic heterocycles. The molecule has 13 heavy (non-hydrogen) atoms. The first-order valence-corrected chi connectivity index (χ1v) is 3.86. The Hall–Kier alpha value is -0.751. The summed E-state index contributed by atoms with van der Waals surface area (Å²) in [5, 5.41) is 4.01. The third kappa shape index (κ3) is 3.23. The first kappa shape index (κ1) is 12.2. The van der Waals surface area contributed by atoms with Crippen LogP contribution < -0.4 is 0 Å². The van der Waals surface area contributed by atoms with Crippen LogP contribution in [-0.4, -0.2) is 16.4 Å². The zero-order valence-corrected chi connectivity index (χ0v) is 8.48. The molecule has 0 spiro atoms. The van der Waals surface area contributed by atoms with Crippen LogP contribution in [0.3, 0.4) is 0 Å². The standard InChI is InChI=1S/C9H11N2O.Cu/c1-4-9-6-10-11(7-9)8(3)12-5-2;/h6-8H,5H2,2-3H3;/q-1;+1. The quantitative estimate of drug-likeness (QED) is 0.442. The van der Waals surface area contributed by atoms with Crippen molar-refractivity contribution < 1.29 is 21.8 Å². The predicted molar refractivity (Wildman–Crippen MR) is 44.8 cm³/mol. The van der Waals surface area contributed by atoms with Gasteiger partial charge in [0.05, 0.1) is 0 Å². The molecule has 0 fully saturated rings. The molecular weight excluding hydrogens is 216 g/mol. The molecule has 1 unspecified atom stereocenters. The van der Waals surface area contributed by atoms with Crippen molar-refractivity contribution >= 4 is 0 Å². The summed E-state index contributed by atoms with van der Waals surface area (Å²) < 4.78 is 6.96. The van der Waals surface area contributed by atoms with Crippen molar-refractivity contribution in [1.82, 2.24) is 9.78 Å². The first-order chi connectivity index (χ1) is 5.77. The molecule has 0 N–H and O–H groups in total. The van der Waals surface area contributed by atoms with E-state index in [1.54, 1.807) is 17.1 Å². The third-order valence-electron chi connectivity index (χ3n) is 1.53. The summed E-state index contributed by atoms with van der Waals surface area (Å²) in [4.78, 5) is 0. The van der Waals surface area contributed by atoms with E-state index in [0.717, 1.165) is 0 Å².